The van der Waals surface area contributed by atoms with Crippen molar-refractivity contribution in [2.75, 3.05) is 14.2 Å². The molecule has 0 fully saturated rings. The molecule has 9 nitrogen and oxygen atoms in total. The molecule has 4 aromatic rings. The summed E-state index contributed by atoms with van der Waals surface area (Å²) in [6.45, 7) is 0. The van der Waals surface area contributed by atoms with E-state index in [-0.39, 0.29) is 0 Å². The van der Waals surface area contributed by atoms with Crippen molar-refractivity contribution in [3.05, 3.63) is 54.9 Å². The number of thioether (sulfide) groups is 1. The van der Waals surface area contributed by atoms with Gasteiger partial charge in [0.15, 0.2) is 17.3 Å². The molecular weight excluding hydrogens is 380 g/mol. The molecule has 3 heterocycles. The second-order valence-electron chi connectivity index (χ2n) is 5.48. The Labute approximate surface area is 164 Å². The van der Waals surface area contributed by atoms with E-state index in [9.17, 15) is 0 Å². The molecule has 0 aliphatic rings. The second kappa shape index (κ2) is 8.09. The number of hydrogen-bond donors (Lipinski definition) is 0. The van der Waals surface area contributed by atoms with E-state index in [0.717, 1.165) is 0 Å². The van der Waals surface area contributed by atoms with Crippen LogP contribution in [0.15, 0.2) is 58.6 Å². The highest BCUT2D eigenvalue weighted by Crippen LogP contribution is 2.36. The van der Waals surface area contributed by atoms with E-state index in [1.807, 2.05) is 30.5 Å². The molecule has 0 aliphatic heterocycles. The Morgan fingerprint density at radius 1 is 1.07 bits per heavy atom. The van der Waals surface area contributed by atoms with Crippen molar-refractivity contribution in [3.8, 4) is 28.7 Å². The zero-order valence-corrected chi connectivity index (χ0v) is 16.0. The molecule has 0 spiro atoms. The number of para-hydroxylation sites is 1. The van der Waals surface area contributed by atoms with Gasteiger partial charge in [-0.3, -0.25) is 0 Å². The summed E-state index contributed by atoms with van der Waals surface area (Å²) in [5, 5.41) is 8.98. The largest absolute Gasteiger partial charge is 0.493 e. The van der Waals surface area contributed by atoms with Crippen molar-refractivity contribution in [1.29, 1.82) is 0 Å². The quantitative estimate of drug-likeness (QED) is 0.436. The molecular formula is C18H16N6O3S. The molecule has 0 radical (unpaired) electrons. The van der Waals surface area contributed by atoms with Gasteiger partial charge in [-0.25, -0.2) is 14.6 Å². The molecule has 0 N–H and O–H groups in total. The third-order valence-corrected chi connectivity index (χ3v) is 4.76. The van der Waals surface area contributed by atoms with Gasteiger partial charge in [-0.1, -0.05) is 23.0 Å². The molecule has 3 aromatic heterocycles. The van der Waals surface area contributed by atoms with Crippen LogP contribution in [0.2, 0.25) is 0 Å². The molecule has 142 valence electrons. The molecule has 0 aliphatic carbocycles. The predicted octanol–water partition coefficient (Wildman–Crippen LogP) is 3.02. The summed E-state index contributed by atoms with van der Waals surface area (Å²) >= 11 is 1.44. The highest BCUT2D eigenvalue weighted by atomic mass is 32.2. The van der Waals surface area contributed by atoms with Crippen molar-refractivity contribution in [3.63, 3.8) is 0 Å². The van der Waals surface area contributed by atoms with Crippen molar-refractivity contribution in [2.24, 2.45) is 0 Å². The van der Waals surface area contributed by atoms with E-state index in [1.165, 1.54) is 11.8 Å². The monoisotopic (exact) mass is 396 g/mol. The predicted molar refractivity (Wildman–Crippen MR) is 102 cm³/mol. The second-order valence-corrected chi connectivity index (χ2v) is 6.44. The first kappa shape index (κ1) is 18.0. The average Bonchev–Trinajstić information content (AvgIpc) is 3.44. The van der Waals surface area contributed by atoms with Crippen LogP contribution in [0.3, 0.4) is 0 Å². The Morgan fingerprint density at radius 3 is 2.75 bits per heavy atom. The SMILES string of the molecule is COc1cccc(-c2noc(CSc3nccnc3-n3cccn3)n2)c1OC. The van der Waals surface area contributed by atoms with Gasteiger partial charge in [-0.05, 0) is 18.2 Å². The first-order chi connectivity index (χ1) is 13.8. The maximum absolute atomic E-state index is 5.44. The van der Waals surface area contributed by atoms with Crippen LogP contribution < -0.4 is 9.47 Å². The summed E-state index contributed by atoms with van der Waals surface area (Å²) in [7, 11) is 3.15. The molecule has 10 heteroatoms. The van der Waals surface area contributed by atoms with E-state index < -0.39 is 0 Å². The maximum atomic E-state index is 5.44. The summed E-state index contributed by atoms with van der Waals surface area (Å²) in [6.07, 6.45) is 6.76. The standard InChI is InChI=1S/C18H16N6O3S/c1-25-13-6-3-5-12(15(13)26-2)16-22-14(27-23-16)11-28-18-17(19-8-9-20-18)24-10-4-7-21-24/h3-10H,11H2,1-2H3. The van der Waals surface area contributed by atoms with Crippen LogP contribution in [0.25, 0.3) is 17.2 Å². The Balaban J connectivity index is 1.55. The van der Waals surface area contributed by atoms with Gasteiger partial charge in [0.25, 0.3) is 0 Å². The van der Waals surface area contributed by atoms with Gasteiger partial charge < -0.3 is 14.0 Å². The van der Waals surface area contributed by atoms with Crippen LogP contribution in [0.1, 0.15) is 5.89 Å². The Hall–Kier alpha value is -3.40. The number of methoxy groups -OCH3 is 2. The summed E-state index contributed by atoms with van der Waals surface area (Å²) in [5.41, 5.74) is 0.693. The molecule has 0 unspecified atom stereocenters. The van der Waals surface area contributed by atoms with E-state index >= 15 is 0 Å². The average molecular weight is 396 g/mol. The van der Waals surface area contributed by atoms with Crippen LogP contribution in [-0.4, -0.2) is 44.1 Å². The fraction of sp³-hybridized carbons (Fsp3) is 0.167. The van der Waals surface area contributed by atoms with Gasteiger partial charge in [0, 0.05) is 24.8 Å². The van der Waals surface area contributed by atoms with Crippen molar-refractivity contribution in [2.45, 2.75) is 10.8 Å². The van der Waals surface area contributed by atoms with Gasteiger partial charge in [0.1, 0.15) is 5.03 Å². The van der Waals surface area contributed by atoms with Crippen molar-refractivity contribution < 1.29 is 14.0 Å². The molecule has 0 saturated heterocycles. The maximum Gasteiger partial charge on any atom is 0.237 e. The summed E-state index contributed by atoms with van der Waals surface area (Å²) in [6, 6.07) is 7.33. The van der Waals surface area contributed by atoms with Crippen molar-refractivity contribution >= 4 is 11.8 Å². The molecule has 0 saturated carbocycles. The number of nitrogens with zero attached hydrogens (tertiary/aromatic N) is 6. The highest BCUT2D eigenvalue weighted by Gasteiger charge is 2.17. The molecule has 1 aromatic carbocycles. The third-order valence-electron chi connectivity index (χ3n) is 3.81. The fourth-order valence-corrected chi connectivity index (χ4v) is 3.38. The number of ether oxygens (including phenoxy) is 2. The van der Waals surface area contributed by atoms with E-state index in [0.29, 0.717) is 45.4 Å². The lowest BCUT2D eigenvalue weighted by Crippen LogP contribution is -2.01. The first-order valence-electron chi connectivity index (χ1n) is 8.28. The summed E-state index contributed by atoms with van der Waals surface area (Å²) in [5.74, 6) is 3.13. The molecule has 4 rings (SSSR count). The third kappa shape index (κ3) is 3.54. The zero-order valence-electron chi connectivity index (χ0n) is 15.1. The van der Waals surface area contributed by atoms with E-state index in [2.05, 4.69) is 25.2 Å². The first-order valence-corrected chi connectivity index (χ1v) is 9.26. The number of rotatable bonds is 7. The number of hydrogen-bond acceptors (Lipinski definition) is 9. The lowest BCUT2D eigenvalue weighted by atomic mass is 10.2. The molecule has 0 bridgehead atoms. The molecule has 0 amide bonds. The van der Waals surface area contributed by atoms with E-state index in [4.69, 9.17) is 14.0 Å². The van der Waals surface area contributed by atoms with Gasteiger partial charge in [-0.2, -0.15) is 10.1 Å². The smallest absolute Gasteiger partial charge is 0.237 e. The zero-order chi connectivity index (χ0) is 19.3. The van der Waals surface area contributed by atoms with Crippen LogP contribution in [0.4, 0.5) is 0 Å². The fourth-order valence-electron chi connectivity index (χ4n) is 2.59. The molecule has 28 heavy (non-hydrogen) atoms. The van der Waals surface area contributed by atoms with Gasteiger partial charge in [-0.15, -0.1) is 0 Å². The lowest BCUT2D eigenvalue weighted by molar-refractivity contribution is 0.355. The van der Waals surface area contributed by atoms with Crippen LogP contribution in [-0.2, 0) is 5.75 Å². The minimum absolute atomic E-state index is 0.429. The highest BCUT2D eigenvalue weighted by molar-refractivity contribution is 7.98. The van der Waals surface area contributed by atoms with E-state index in [1.54, 1.807) is 37.5 Å². The number of benzene rings is 1. The Bertz CT molecular complexity index is 1070. The van der Waals surface area contributed by atoms with Gasteiger partial charge in [0.05, 0.1) is 25.5 Å². The number of aromatic nitrogens is 6. The summed E-state index contributed by atoms with van der Waals surface area (Å²) < 4.78 is 17.8. The van der Waals surface area contributed by atoms with Gasteiger partial charge in [0.2, 0.25) is 11.7 Å². The van der Waals surface area contributed by atoms with Crippen LogP contribution in [0.5, 0.6) is 11.5 Å². The minimum atomic E-state index is 0.429. The summed E-state index contributed by atoms with van der Waals surface area (Å²) in [4.78, 5) is 13.2. The van der Waals surface area contributed by atoms with Crippen LogP contribution in [0, 0.1) is 0 Å². The minimum Gasteiger partial charge on any atom is -0.493 e. The topological polar surface area (TPSA) is 101 Å². The molecule has 0 atom stereocenters. The van der Waals surface area contributed by atoms with Crippen molar-refractivity contribution in [1.82, 2.24) is 29.9 Å². The van der Waals surface area contributed by atoms with Gasteiger partial charge >= 0.3 is 0 Å². The Kier molecular flexibility index (Phi) is 5.20. The van der Waals surface area contributed by atoms with Crippen LogP contribution >= 0.6 is 11.8 Å². The Morgan fingerprint density at radius 2 is 1.96 bits per heavy atom. The normalized spacial score (nSPS) is 10.8. The lowest BCUT2D eigenvalue weighted by Gasteiger charge is -2.09.